The predicted octanol–water partition coefficient (Wildman–Crippen LogP) is 2.32. The standard InChI is InChI=1S/C15H18N2O3/c1-2-16-7-9-17(10-8-16)15(18)14-6-5-13(20-14)12-4-3-11-19-12/h3-6,11H,2,7-10H2,1H3. The van der Waals surface area contributed by atoms with Crippen LogP contribution in [0.3, 0.4) is 0 Å². The number of rotatable bonds is 3. The highest BCUT2D eigenvalue weighted by Crippen LogP contribution is 2.23. The van der Waals surface area contributed by atoms with Crippen molar-refractivity contribution in [3.05, 3.63) is 36.3 Å². The molecule has 1 fully saturated rings. The molecule has 106 valence electrons. The van der Waals surface area contributed by atoms with Gasteiger partial charge < -0.3 is 18.6 Å². The van der Waals surface area contributed by atoms with Gasteiger partial charge in [-0.1, -0.05) is 6.92 Å². The number of carbonyl (C=O) groups excluding carboxylic acids is 1. The van der Waals surface area contributed by atoms with Gasteiger partial charge in [0.2, 0.25) is 0 Å². The van der Waals surface area contributed by atoms with Gasteiger partial charge in [0.25, 0.3) is 5.91 Å². The lowest BCUT2D eigenvalue weighted by Crippen LogP contribution is -2.48. The number of hydrogen-bond acceptors (Lipinski definition) is 4. The van der Waals surface area contributed by atoms with Gasteiger partial charge in [0.05, 0.1) is 6.26 Å². The van der Waals surface area contributed by atoms with Gasteiger partial charge in [0.15, 0.2) is 17.3 Å². The molecular weight excluding hydrogens is 256 g/mol. The lowest BCUT2D eigenvalue weighted by atomic mass is 10.3. The fraction of sp³-hybridized carbons (Fsp3) is 0.400. The SMILES string of the molecule is CCN1CCN(C(=O)c2ccc(-c3ccco3)o2)CC1. The molecular formula is C15H18N2O3. The van der Waals surface area contributed by atoms with Gasteiger partial charge in [-0.05, 0) is 30.8 Å². The van der Waals surface area contributed by atoms with Crippen LogP contribution in [0, 0.1) is 0 Å². The van der Waals surface area contributed by atoms with Crippen LogP contribution >= 0.6 is 0 Å². The highest BCUT2D eigenvalue weighted by molar-refractivity contribution is 5.92. The van der Waals surface area contributed by atoms with Crippen molar-refractivity contribution in [2.24, 2.45) is 0 Å². The van der Waals surface area contributed by atoms with Gasteiger partial charge in [-0.15, -0.1) is 0 Å². The third-order valence-corrected chi connectivity index (χ3v) is 3.69. The number of piperazine rings is 1. The summed E-state index contributed by atoms with van der Waals surface area (Å²) < 4.78 is 10.9. The van der Waals surface area contributed by atoms with E-state index in [1.807, 2.05) is 11.0 Å². The van der Waals surface area contributed by atoms with Gasteiger partial charge >= 0.3 is 0 Å². The molecule has 1 aliphatic rings. The first kappa shape index (κ1) is 13.0. The Labute approximate surface area is 117 Å². The molecule has 3 rings (SSSR count). The monoisotopic (exact) mass is 274 g/mol. The normalized spacial score (nSPS) is 16.6. The molecule has 1 aliphatic heterocycles. The van der Waals surface area contributed by atoms with Crippen LogP contribution in [0.4, 0.5) is 0 Å². The number of hydrogen-bond donors (Lipinski definition) is 0. The van der Waals surface area contributed by atoms with Crippen molar-refractivity contribution in [1.29, 1.82) is 0 Å². The smallest absolute Gasteiger partial charge is 0.289 e. The van der Waals surface area contributed by atoms with E-state index >= 15 is 0 Å². The molecule has 20 heavy (non-hydrogen) atoms. The van der Waals surface area contributed by atoms with Crippen molar-refractivity contribution in [3.63, 3.8) is 0 Å². The molecule has 2 aromatic heterocycles. The predicted molar refractivity (Wildman–Crippen MR) is 74.4 cm³/mol. The van der Waals surface area contributed by atoms with Crippen LogP contribution in [-0.4, -0.2) is 48.4 Å². The highest BCUT2D eigenvalue weighted by atomic mass is 16.4. The summed E-state index contributed by atoms with van der Waals surface area (Å²) in [5.41, 5.74) is 0. The molecule has 0 aliphatic carbocycles. The average Bonchev–Trinajstić information content (AvgIpc) is 3.17. The van der Waals surface area contributed by atoms with Crippen molar-refractivity contribution >= 4 is 5.91 Å². The maximum absolute atomic E-state index is 12.4. The van der Waals surface area contributed by atoms with Crippen LogP contribution in [-0.2, 0) is 0 Å². The molecule has 0 unspecified atom stereocenters. The summed E-state index contributed by atoms with van der Waals surface area (Å²) in [4.78, 5) is 16.5. The zero-order valence-electron chi connectivity index (χ0n) is 11.5. The largest absolute Gasteiger partial charge is 0.461 e. The maximum atomic E-state index is 12.4. The topological polar surface area (TPSA) is 49.8 Å². The molecule has 0 N–H and O–H groups in total. The first-order valence-corrected chi connectivity index (χ1v) is 6.93. The van der Waals surface area contributed by atoms with Crippen molar-refractivity contribution in [1.82, 2.24) is 9.80 Å². The minimum absolute atomic E-state index is 0.0430. The van der Waals surface area contributed by atoms with E-state index < -0.39 is 0 Å². The summed E-state index contributed by atoms with van der Waals surface area (Å²) >= 11 is 0. The number of likely N-dealkylation sites (N-methyl/N-ethyl adjacent to an activating group) is 1. The fourth-order valence-electron chi connectivity index (χ4n) is 2.43. The molecule has 0 spiro atoms. The van der Waals surface area contributed by atoms with Crippen LogP contribution in [0.1, 0.15) is 17.5 Å². The second-order valence-electron chi connectivity index (χ2n) is 4.87. The van der Waals surface area contributed by atoms with E-state index in [2.05, 4.69) is 11.8 Å². The van der Waals surface area contributed by atoms with E-state index in [0.717, 1.165) is 32.7 Å². The molecule has 5 heteroatoms. The van der Waals surface area contributed by atoms with Gasteiger partial charge in [0, 0.05) is 26.2 Å². The molecule has 2 aromatic rings. The van der Waals surface area contributed by atoms with Crippen LogP contribution in [0.5, 0.6) is 0 Å². The van der Waals surface area contributed by atoms with E-state index in [0.29, 0.717) is 17.3 Å². The summed E-state index contributed by atoms with van der Waals surface area (Å²) in [5.74, 6) is 1.56. The van der Waals surface area contributed by atoms with Gasteiger partial charge in [0.1, 0.15) is 0 Å². The maximum Gasteiger partial charge on any atom is 0.289 e. The third kappa shape index (κ3) is 2.49. The van der Waals surface area contributed by atoms with Crippen molar-refractivity contribution in [2.75, 3.05) is 32.7 Å². The second kappa shape index (κ2) is 5.54. The lowest BCUT2D eigenvalue weighted by Gasteiger charge is -2.33. The third-order valence-electron chi connectivity index (χ3n) is 3.69. The highest BCUT2D eigenvalue weighted by Gasteiger charge is 2.23. The zero-order chi connectivity index (χ0) is 13.9. The average molecular weight is 274 g/mol. The Balaban J connectivity index is 1.69. The lowest BCUT2D eigenvalue weighted by molar-refractivity contribution is 0.0613. The molecule has 3 heterocycles. The summed E-state index contributed by atoms with van der Waals surface area (Å²) in [7, 11) is 0. The fourth-order valence-corrected chi connectivity index (χ4v) is 2.43. The van der Waals surface area contributed by atoms with E-state index in [1.165, 1.54) is 0 Å². The summed E-state index contributed by atoms with van der Waals surface area (Å²) in [6, 6.07) is 7.09. The molecule has 0 radical (unpaired) electrons. The van der Waals surface area contributed by atoms with Crippen molar-refractivity contribution < 1.29 is 13.6 Å². The minimum atomic E-state index is -0.0430. The van der Waals surface area contributed by atoms with Gasteiger partial charge in [-0.2, -0.15) is 0 Å². The van der Waals surface area contributed by atoms with Gasteiger partial charge in [-0.25, -0.2) is 0 Å². The molecule has 1 amide bonds. The summed E-state index contributed by atoms with van der Waals surface area (Å²) in [6.07, 6.45) is 1.59. The Morgan fingerprint density at radius 2 is 1.95 bits per heavy atom. The van der Waals surface area contributed by atoms with E-state index in [9.17, 15) is 4.79 Å². The molecule has 0 bridgehead atoms. The van der Waals surface area contributed by atoms with E-state index in [4.69, 9.17) is 8.83 Å². The number of furan rings is 2. The van der Waals surface area contributed by atoms with Crippen LogP contribution in [0.25, 0.3) is 11.5 Å². The molecule has 0 atom stereocenters. The van der Waals surface area contributed by atoms with Crippen LogP contribution < -0.4 is 0 Å². The Morgan fingerprint density at radius 3 is 2.60 bits per heavy atom. The first-order chi connectivity index (χ1) is 9.78. The number of carbonyl (C=O) groups is 1. The summed E-state index contributed by atoms with van der Waals surface area (Å²) in [6.45, 7) is 6.53. The quantitative estimate of drug-likeness (QED) is 0.862. The van der Waals surface area contributed by atoms with E-state index in [1.54, 1.807) is 24.5 Å². The number of nitrogens with zero attached hydrogens (tertiary/aromatic N) is 2. The van der Waals surface area contributed by atoms with Crippen LogP contribution in [0.2, 0.25) is 0 Å². The molecule has 1 saturated heterocycles. The van der Waals surface area contributed by atoms with E-state index in [-0.39, 0.29) is 5.91 Å². The zero-order valence-corrected chi connectivity index (χ0v) is 11.5. The Kier molecular flexibility index (Phi) is 3.60. The van der Waals surface area contributed by atoms with Crippen molar-refractivity contribution in [3.8, 4) is 11.5 Å². The summed E-state index contributed by atoms with van der Waals surface area (Å²) in [5, 5.41) is 0. The molecule has 0 saturated carbocycles. The Bertz CT molecular complexity index is 566. The molecule has 0 aromatic carbocycles. The minimum Gasteiger partial charge on any atom is -0.461 e. The first-order valence-electron chi connectivity index (χ1n) is 6.93. The number of amides is 1. The molecule has 5 nitrogen and oxygen atoms in total. The van der Waals surface area contributed by atoms with Crippen molar-refractivity contribution in [2.45, 2.75) is 6.92 Å². The van der Waals surface area contributed by atoms with Crippen LogP contribution in [0.15, 0.2) is 39.4 Å². The second-order valence-corrected chi connectivity index (χ2v) is 4.87. The van der Waals surface area contributed by atoms with Gasteiger partial charge in [-0.3, -0.25) is 4.79 Å². The Morgan fingerprint density at radius 1 is 1.15 bits per heavy atom. The Hall–Kier alpha value is -2.01.